The lowest BCUT2D eigenvalue weighted by Crippen LogP contribution is -2.44. The largest absolute Gasteiger partial charge is 0.507 e. The average Bonchev–Trinajstić information content (AvgIpc) is 3.21. The number of amides is 1. The fourth-order valence-electron chi connectivity index (χ4n) is 5.21. The molecule has 0 spiro atoms. The van der Waals surface area contributed by atoms with Crippen LogP contribution in [0.2, 0.25) is 5.02 Å². The van der Waals surface area contributed by atoms with Gasteiger partial charge in [0, 0.05) is 33.5 Å². The van der Waals surface area contributed by atoms with E-state index in [1.54, 1.807) is 13.1 Å². The molecule has 184 valence electrons. The lowest BCUT2D eigenvalue weighted by Gasteiger charge is -2.24. The smallest absolute Gasteiger partial charge is 0.268 e. The molecule has 4 aromatic rings. The van der Waals surface area contributed by atoms with Crippen molar-refractivity contribution in [3.8, 4) is 22.6 Å². The molecule has 0 saturated heterocycles. The van der Waals surface area contributed by atoms with Gasteiger partial charge < -0.3 is 15.2 Å². The van der Waals surface area contributed by atoms with Crippen LogP contribution in [0.1, 0.15) is 40.3 Å². The molecule has 0 fully saturated rings. The Morgan fingerprint density at radius 2 is 1.81 bits per heavy atom. The van der Waals surface area contributed by atoms with Crippen molar-refractivity contribution in [2.75, 3.05) is 5.32 Å². The molecule has 1 aliphatic rings. The Hall–Kier alpha value is -3.57. The molecule has 5 nitrogen and oxygen atoms in total. The number of nitrogens with zero attached hydrogens (tertiary/aromatic N) is 1. The number of halogens is 1. The molecule has 1 aliphatic heterocycles. The molecule has 3 aromatic carbocycles. The summed E-state index contributed by atoms with van der Waals surface area (Å²) < 4.78 is 6.30. The van der Waals surface area contributed by atoms with Crippen molar-refractivity contribution < 1.29 is 14.6 Å². The minimum Gasteiger partial charge on any atom is -0.507 e. The highest BCUT2D eigenvalue weighted by molar-refractivity contribution is 6.34. The van der Waals surface area contributed by atoms with Gasteiger partial charge in [0.1, 0.15) is 11.5 Å². The Morgan fingerprint density at radius 1 is 1.08 bits per heavy atom. The second kappa shape index (κ2) is 8.52. The van der Waals surface area contributed by atoms with Crippen molar-refractivity contribution >= 4 is 34.1 Å². The number of carbonyl (C=O) groups is 1. The lowest BCUT2D eigenvalue weighted by atomic mass is 9.91. The van der Waals surface area contributed by atoms with Crippen molar-refractivity contribution in [1.82, 2.24) is 4.98 Å². The number of pyridine rings is 1. The number of aryl methyl sites for hydroxylation is 2. The van der Waals surface area contributed by atoms with Gasteiger partial charge in [0.25, 0.3) is 5.91 Å². The summed E-state index contributed by atoms with van der Waals surface area (Å²) >= 11 is 6.65. The summed E-state index contributed by atoms with van der Waals surface area (Å²) in [4.78, 5) is 18.5. The van der Waals surface area contributed by atoms with E-state index in [1.807, 2.05) is 58.9 Å². The van der Waals surface area contributed by atoms with E-state index in [-0.39, 0.29) is 11.7 Å². The molecular weight excluding hydrogens is 472 g/mol. The topological polar surface area (TPSA) is 71.5 Å². The van der Waals surface area contributed by atoms with Crippen molar-refractivity contribution in [1.29, 1.82) is 0 Å². The highest BCUT2D eigenvalue weighted by atomic mass is 35.5. The van der Waals surface area contributed by atoms with Gasteiger partial charge in [-0.05, 0) is 75.9 Å². The molecular formula is C30H29ClN2O3. The standard InChI is InChI=1S/C30H29ClN2O3/c1-15-11-16(2)26-21(12-15)25(20-9-7-8-10-23(20)31)24(14-32-26)33-29(35)30(6)13-22-19(5)27(34)17(3)18(4)28(22)36-30/h7-12,14,34H,13H2,1-6H3,(H,33,35). The Kier molecular flexibility index (Phi) is 5.72. The molecule has 0 saturated carbocycles. The van der Waals surface area contributed by atoms with Crippen molar-refractivity contribution in [2.45, 2.75) is 53.6 Å². The zero-order chi connectivity index (χ0) is 25.9. The molecule has 0 bridgehead atoms. The molecule has 2 N–H and O–H groups in total. The summed E-state index contributed by atoms with van der Waals surface area (Å²) in [5.41, 5.74) is 7.31. The van der Waals surface area contributed by atoms with Gasteiger partial charge in [-0.15, -0.1) is 0 Å². The van der Waals surface area contributed by atoms with Crippen molar-refractivity contribution in [3.63, 3.8) is 0 Å². The van der Waals surface area contributed by atoms with Gasteiger partial charge in [0.05, 0.1) is 17.4 Å². The summed E-state index contributed by atoms with van der Waals surface area (Å²) in [5, 5.41) is 15.2. The molecule has 5 rings (SSSR count). The highest BCUT2D eigenvalue weighted by Crippen LogP contribution is 2.46. The molecule has 36 heavy (non-hydrogen) atoms. The van der Waals surface area contributed by atoms with E-state index in [2.05, 4.69) is 17.4 Å². The number of aromatic hydroxyl groups is 1. The lowest BCUT2D eigenvalue weighted by molar-refractivity contribution is -0.128. The first-order valence-corrected chi connectivity index (χ1v) is 12.4. The summed E-state index contributed by atoms with van der Waals surface area (Å²) in [6.07, 6.45) is 2.05. The zero-order valence-corrected chi connectivity index (χ0v) is 22.1. The molecule has 1 amide bonds. The number of hydrogen-bond donors (Lipinski definition) is 2. The van der Waals surface area contributed by atoms with E-state index >= 15 is 0 Å². The first-order valence-electron chi connectivity index (χ1n) is 12.0. The van der Waals surface area contributed by atoms with Crippen molar-refractivity contribution in [2.24, 2.45) is 0 Å². The summed E-state index contributed by atoms with van der Waals surface area (Å²) in [6, 6.07) is 11.8. The molecule has 0 radical (unpaired) electrons. The third kappa shape index (κ3) is 3.70. The monoisotopic (exact) mass is 500 g/mol. The van der Waals surface area contributed by atoms with E-state index in [4.69, 9.17) is 21.3 Å². The van der Waals surface area contributed by atoms with Gasteiger partial charge in [-0.1, -0.05) is 41.4 Å². The van der Waals surface area contributed by atoms with Crippen LogP contribution in [-0.4, -0.2) is 21.6 Å². The van der Waals surface area contributed by atoms with Crippen LogP contribution in [0, 0.1) is 34.6 Å². The first-order chi connectivity index (χ1) is 17.0. The number of fused-ring (bicyclic) bond motifs is 2. The number of nitrogens with one attached hydrogen (secondary N) is 1. The minimum absolute atomic E-state index is 0.255. The predicted molar refractivity (Wildman–Crippen MR) is 145 cm³/mol. The van der Waals surface area contributed by atoms with E-state index in [0.29, 0.717) is 22.9 Å². The van der Waals surface area contributed by atoms with E-state index in [0.717, 1.165) is 55.4 Å². The van der Waals surface area contributed by atoms with Crippen LogP contribution >= 0.6 is 11.6 Å². The number of benzene rings is 3. The number of rotatable bonds is 3. The average molecular weight is 501 g/mol. The van der Waals surface area contributed by atoms with Crippen LogP contribution in [-0.2, 0) is 11.2 Å². The molecule has 0 aliphatic carbocycles. The molecule has 1 unspecified atom stereocenters. The number of aromatic nitrogens is 1. The maximum Gasteiger partial charge on any atom is 0.268 e. The summed E-state index contributed by atoms with van der Waals surface area (Å²) in [5.74, 6) is 0.646. The Bertz CT molecular complexity index is 1540. The predicted octanol–water partition coefficient (Wildman–Crippen LogP) is 7.14. The van der Waals surface area contributed by atoms with Crippen LogP contribution < -0.4 is 10.1 Å². The second-order valence-electron chi connectivity index (χ2n) is 10.00. The van der Waals surface area contributed by atoms with Crippen LogP contribution in [0.5, 0.6) is 11.5 Å². The van der Waals surface area contributed by atoms with Gasteiger partial charge in [0.2, 0.25) is 0 Å². The number of phenolic OH excluding ortho intramolecular Hbond substituents is 1. The van der Waals surface area contributed by atoms with Crippen LogP contribution in [0.4, 0.5) is 5.69 Å². The maximum absolute atomic E-state index is 13.8. The SMILES string of the molecule is Cc1cc(C)c2ncc(NC(=O)C3(C)Cc4c(C)c(O)c(C)c(C)c4O3)c(-c3ccccc3Cl)c2c1. The van der Waals surface area contributed by atoms with E-state index < -0.39 is 5.60 Å². The van der Waals surface area contributed by atoms with Gasteiger partial charge in [-0.25, -0.2) is 0 Å². The van der Waals surface area contributed by atoms with E-state index in [9.17, 15) is 9.90 Å². The summed E-state index contributed by atoms with van der Waals surface area (Å²) in [7, 11) is 0. The third-order valence-corrected chi connectivity index (χ3v) is 7.69. The second-order valence-corrected chi connectivity index (χ2v) is 10.4. The molecule has 2 heterocycles. The van der Waals surface area contributed by atoms with Crippen molar-refractivity contribution in [3.05, 3.63) is 81.0 Å². The molecule has 1 aromatic heterocycles. The number of anilines is 1. The van der Waals surface area contributed by atoms with Gasteiger partial charge in [-0.2, -0.15) is 0 Å². The number of hydrogen-bond acceptors (Lipinski definition) is 4. The maximum atomic E-state index is 13.8. The fourth-order valence-corrected chi connectivity index (χ4v) is 5.44. The number of carbonyl (C=O) groups excluding carboxylic acids is 1. The minimum atomic E-state index is -1.15. The third-order valence-electron chi connectivity index (χ3n) is 7.36. The zero-order valence-electron chi connectivity index (χ0n) is 21.3. The van der Waals surface area contributed by atoms with Gasteiger partial charge >= 0.3 is 0 Å². The quantitative estimate of drug-likeness (QED) is 0.313. The van der Waals surface area contributed by atoms with Gasteiger partial charge in [-0.3, -0.25) is 9.78 Å². The van der Waals surface area contributed by atoms with Gasteiger partial charge in [0.15, 0.2) is 5.60 Å². The van der Waals surface area contributed by atoms with Crippen LogP contribution in [0.3, 0.4) is 0 Å². The van der Waals surface area contributed by atoms with Crippen LogP contribution in [0.15, 0.2) is 42.6 Å². The molecule has 6 heteroatoms. The molecule has 1 atom stereocenters. The Balaban J connectivity index is 1.61. The van der Waals surface area contributed by atoms with Crippen LogP contribution in [0.25, 0.3) is 22.0 Å². The first kappa shape index (κ1) is 24.1. The van der Waals surface area contributed by atoms with E-state index in [1.165, 1.54) is 0 Å². The number of phenols is 1. The Labute approximate surface area is 216 Å². The Morgan fingerprint density at radius 3 is 2.53 bits per heavy atom. The normalized spacial score (nSPS) is 16.6. The fraction of sp³-hybridized carbons (Fsp3) is 0.267. The highest BCUT2D eigenvalue weighted by Gasteiger charge is 2.44. The number of ether oxygens (including phenoxy) is 1. The summed E-state index contributed by atoms with van der Waals surface area (Å²) in [6.45, 7) is 11.5.